The van der Waals surface area contributed by atoms with Gasteiger partial charge in [-0.15, -0.1) is 0 Å². The molecule has 1 aromatic carbocycles. The zero-order chi connectivity index (χ0) is 15.9. The molecule has 1 atom stereocenters. The Morgan fingerprint density at radius 1 is 1.33 bits per heavy atom. The third-order valence-corrected chi connectivity index (χ3v) is 3.18. The maximum absolute atomic E-state index is 11.8. The van der Waals surface area contributed by atoms with Gasteiger partial charge < -0.3 is 15.2 Å². The number of hydrogen-bond donors (Lipinski definition) is 3. The molecule has 0 saturated carbocycles. The molecule has 0 heterocycles. The molecule has 1 unspecified atom stereocenters. The minimum absolute atomic E-state index is 0.224. The monoisotopic (exact) mass is 316 g/mol. The lowest BCUT2D eigenvalue weighted by atomic mass is 10.2. The third kappa shape index (κ3) is 7.07. The summed E-state index contributed by atoms with van der Waals surface area (Å²) in [4.78, 5) is 11.8. The quantitative estimate of drug-likeness (QED) is 0.635. The first kappa shape index (κ1) is 17.4. The lowest BCUT2D eigenvalue weighted by molar-refractivity contribution is 0.0587. The van der Waals surface area contributed by atoms with E-state index in [9.17, 15) is 18.3 Å². The van der Waals surface area contributed by atoms with Crippen molar-refractivity contribution in [1.29, 1.82) is 0 Å². The maximum Gasteiger partial charge on any atom is 0.251 e. The van der Waals surface area contributed by atoms with Gasteiger partial charge in [-0.3, -0.25) is 9.52 Å². The number of rotatable bonds is 8. The Morgan fingerprint density at radius 3 is 2.48 bits per heavy atom. The van der Waals surface area contributed by atoms with Crippen LogP contribution in [0.15, 0.2) is 24.3 Å². The van der Waals surface area contributed by atoms with E-state index in [1.165, 1.54) is 31.4 Å². The molecular weight excluding hydrogens is 296 g/mol. The number of sulfonamides is 1. The maximum atomic E-state index is 11.8. The number of methoxy groups -OCH3 is 1. The van der Waals surface area contributed by atoms with Gasteiger partial charge in [-0.2, -0.15) is 0 Å². The average molecular weight is 316 g/mol. The molecule has 0 aromatic heterocycles. The molecule has 1 aromatic rings. The Labute approximate surface area is 124 Å². The molecule has 7 nitrogen and oxygen atoms in total. The van der Waals surface area contributed by atoms with E-state index in [4.69, 9.17) is 4.74 Å². The SMILES string of the molecule is COCC(O)CCNC(=O)c1ccc(NS(C)(=O)=O)cc1. The number of ether oxygens (including phenoxy) is 1. The van der Waals surface area contributed by atoms with Crippen LogP contribution in [0.25, 0.3) is 0 Å². The van der Waals surface area contributed by atoms with Gasteiger partial charge in [0.2, 0.25) is 10.0 Å². The van der Waals surface area contributed by atoms with Gasteiger partial charge in [0.1, 0.15) is 0 Å². The van der Waals surface area contributed by atoms with Crippen LogP contribution >= 0.6 is 0 Å². The van der Waals surface area contributed by atoms with Crippen molar-refractivity contribution >= 4 is 21.6 Å². The number of anilines is 1. The predicted molar refractivity (Wildman–Crippen MR) is 79.7 cm³/mol. The molecule has 0 bridgehead atoms. The Kier molecular flexibility index (Phi) is 6.60. The zero-order valence-electron chi connectivity index (χ0n) is 12.0. The van der Waals surface area contributed by atoms with E-state index in [0.29, 0.717) is 24.2 Å². The lowest BCUT2D eigenvalue weighted by Crippen LogP contribution is -2.28. The Balaban J connectivity index is 2.48. The molecule has 0 aliphatic carbocycles. The smallest absolute Gasteiger partial charge is 0.251 e. The number of benzene rings is 1. The molecule has 0 saturated heterocycles. The summed E-state index contributed by atoms with van der Waals surface area (Å²) in [6.07, 6.45) is 0.836. The predicted octanol–water partition coefficient (Wildman–Crippen LogP) is 0.185. The van der Waals surface area contributed by atoms with Gasteiger partial charge in [-0.1, -0.05) is 0 Å². The van der Waals surface area contributed by atoms with Gasteiger partial charge in [-0.05, 0) is 30.7 Å². The van der Waals surface area contributed by atoms with E-state index >= 15 is 0 Å². The standard InChI is InChI=1S/C13H20N2O5S/c1-20-9-12(16)7-8-14-13(17)10-3-5-11(6-4-10)15-21(2,18)19/h3-6,12,15-16H,7-9H2,1-2H3,(H,14,17). The highest BCUT2D eigenvalue weighted by Gasteiger charge is 2.08. The van der Waals surface area contributed by atoms with Gasteiger partial charge in [0.15, 0.2) is 0 Å². The number of aliphatic hydroxyl groups is 1. The zero-order valence-corrected chi connectivity index (χ0v) is 12.8. The summed E-state index contributed by atoms with van der Waals surface area (Å²) < 4.78 is 29.2. The van der Waals surface area contributed by atoms with E-state index in [2.05, 4.69) is 10.0 Å². The minimum Gasteiger partial charge on any atom is -0.391 e. The van der Waals surface area contributed by atoms with E-state index in [1.807, 2.05) is 0 Å². The fourth-order valence-corrected chi connectivity index (χ4v) is 2.20. The summed E-state index contributed by atoms with van der Waals surface area (Å²) in [6.45, 7) is 0.550. The summed E-state index contributed by atoms with van der Waals surface area (Å²) in [7, 11) is -1.84. The molecule has 1 rings (SSSR count). The molecule has 3 N–H and O–H groups in total. The number of carbonyl (C=O) groups is 1. The van der Waals surface area contributed by atoms with Crippen LogP contribution in [0.5, 0.6) is 0 Å². The van der Waals surface area contributed by atoms with Crippen LogP contribution in [-0.2, 0) is 14.8 Å². The average Bonchev–Trinajstić information content (AvgIpc) is 2.38. The second-order valence-corrected chi connectivity index (χ2v) is 6.35. The van der Waals surface area contributed by atoms with Gasteiger partial charge in [0, 0.05) is 24.9 Å². The van der Waals surface area contributed by atoms with Crippen molar-refractivity contribution in [3.05, 3.63) is 29.8 Å². The summed E-state index contributed by atoms with van der Waals surface area (Å²) in [6, 6.07) is 6.06. The van der Waals surface area contributed by atoms with Crippen LogP contribution in [0.3, 0.4) is 0 Å². The molecule has 21 heavy (non-hydrogen) atoms. The van der Waals surface area contributed by atoms with Crippen LogP contribution < -0.4 is 10.0 Å². The van der Waals surface area contributed by atoms with Crippen molar-refractivity contribution in [2.45, 2.75) is 12.5 Å². The second-order valence-electron chi connectivity index (χ2n) is 4.61. The summed E-state index contributed by atoms with van der Waals surface area (Å²) in [5, 5.41) is 12.1. The Hall–Kier alpha value is -1.64. The van der Waals surface area contributed by atoms with Gasteiger partial charge in [-0.25, -0.2) is 8.42 Å². The van der Waals surface area contributed by atoms with Crippen molar-refractivity contribution in [2.24, 2.45) is 0 Å². The molecular formula is C13H20N2O5S. The van der Waals surface area contributed by atoms with E-state index < -0.39 is 16.1 Å². The topological polar surface area (TPSA) is 105 Å². The molecule has 8 heteroatoms. The van der Waals surface area contributed by atoms with E-state index in [-0.39, 0.29) is 12.5 Å². The van der Waals surface area contributed by atoms with E-state index in [1.54, 1.807) is 0 Å². The molecule has 0 aliphatic rings. The normalized spacial score (nSPS) is 12.7. The molecule has 0 aliphatic heterocycles. The highest BCUT2D eigenvalue weighted by molar-refractivity contribution is 7.92. The molecule has 0 radical (unpaired) electrons. The molecule has 118 valence electrons. The van der Waals surface area contributed by atoms with Gasteiger partial charge in [0.25, 0.3) is 5.91 Å². The molecule has 1 amide bonds. The highest BCUT2D eigenvalue weighted by Crippen LogP contribution is 2.10. The second kappa shape index (κ2) is 7.96. The van der Waals surface area contributed by atoms with Crippen LogP contribution in [0.1, 0.15) is 16.8 Å². The largest absolute Gasteiger partial charge is 0.391 e. The van der Waals surface area contributed by atoms with Gasteiger partial charge in [0.05, 0.1) is 19.0 Å². The molecule has 0 spiro atoms. The summed E-state index contributed by atoms with van der Waals surface area (Å²) >= 11 is 0. The van der Waals surface area contributed by atoms with Gasteiger partial charge >= 0.3 is 0 Å². The number of aliphatic hydroxyl groups excluding tert-OH is 1. The van der Waals surface area contributed by atoms with Crippen molar-refractivity contribution in [1.82, 2.24) is 5.32 Å². The number of amides is 1. The fourth-order valence-electron chi connectivity index (χ4n) is 1.63. The van der Waals surface area contributed by atoms with Crippen LogP contribution in [0, 0.1) is 0 Å². The summed E-state index contributed by atoms with van der Waals surface area (Å²) in [5.41, 5.74) is 0.805. The first-order valence-electron chi connectivity index (χ1n) is 6.35. The van der Waals surface area contributed by atoms with Crippen molar-refractivity contribution < 1.29 is 23.1 Å². The first-order chi connectivity index (χ1) is 9.81. The number of nitrogens with one attached hydrogen (secondary N) is 2. The lowest BCUT2D eigenvalue weighted by Gasteiger charge is -2.10. The van der Waals surface area contributed by atoms with Crippen LogP contribution in [-0.4, -0.2) is 52.1 Å². The van der Waals surface area contributed by atoms with Crippen LogP contribution in [0.4, 0.5) is 5.69 Å². The Morgan fingerprint density at radius 2 is 1.95 bits per heavy atom. The third-order valence-electron chi connectivity index (χ3n) is 2.57. The van der Waals surface area contributed by atoms with Crippen molar-refractivity contribution in [3.63, 3.8) is 0 Å². The van der Waals surface area contributed by atoms with Crippen molar-refractivity contribution in [3.8, 4) is 0 Å². The van der Waals surface area contributed by atoms with Crippen LogP contribution in [0.2, 0.25) is 0 Å². The number of carbonyl (C=O) groups excluding carboxylic acids is 1. The highest BCUT2D eigenvalue weighted by atomic mass is 32.2. The summed E-state index contributed by atoms with van der Waals surface area (Å²) in [5.74, 6) is -0.287. The Bertz CT molecular complexity index is 556. The minimum atomic E-state index is -3.33. The number of hydrogen-bond acceptors (Lipinski definition) is 5. The fraction of sp³-hybridized carbons (Fsp3) is 0.462. The van der Waals surface area contributed by atoms with Crippen molar-refractivity contribution in [2.75, 3.05) is 31.2 Å². The van der Waals surface area contributed by atoms with E-state index in [0.717, 1.165) is 6.26 Å². The molecule has 0 fully saturated rings. The first-order valence-corrected chi connectivity index (χ1v) is 8.24.